The molecule has 0 saturated carbocycles. The zero-order valence-corrected chi connectivity index (χ0v) is 10.3. The van der Waals surface area contributed by atoms with Crippen LogP contribution in [0.5, 0.6) is 0 Å². The molecular weight excluding hydrogens is 198 g/mol. The van der Waals surface area contributed by atoms with Gasteiger partial charge in [0, 0.05) is 12.0 Å². The quantitative estimate of drug-likeness (QED) is 0.774. The first-order valence-corrected chi connectivity index (χ1v) is 6.04. The predicted molar refractivity (Wildman–Crippen MR) is 68.2 cm³/mol. The van der Waals surface area contributed by atoms with E-state index in [0.29, 0.717) is 6.54 Å². The molecular formula is C14H23NO. The number of hydrogen-bond acceptors (Lipinski definition) is 2. The Labute approximate surface area is 98.5 Å². The number of hydrogen-bond donors (Lipinski definition) is 2. The molecule has 2 nitrogen and oxygen atoms in total. The minimum atomic E-state index is -0.317. The number of rotatable bonds is 6. The Bertz CT molecular complexity index is 293. The lowest BCUT2D eigenvalue weighted by Crippen LogP contribution is -2.39. The highest BCUT2D eigenvalue weighted by Crippen LogP contribution is 2.27. The first-order chi connectivity index (χ1) is 7.62. The summed E-state index contributed by atoms with van der Waals surface area (Å²) in [6.45, 7) is 4.68. The van der Waals surface area contributed by atoms with Gasteiger partial charge < -0.3 is 10.8 Å². The number of aliphatic hydroxyl groups excluding tert-OH is 1. The van der Waals surface area contributed by atoms with E-state index in [1.165, 1.54) is 5.56 Å². The molecule has 16 heavy (non-hydrogen) atoms. The van der Waals surface area contributed by atoms with Crippen molar-refractivity contribution in [2.75, 3.05) is 6.54 Å². The summed E-state index contributed by atoms with van der Waals surface area (Å²) in [5, 5.41) is 10.1. The summed E-state index contributed by atoms with van der Waals surface area (Å²) < 4.78 is 0. The van der Waals surface area contributed by atoms with Crippen molar-refractivity contribution in [2.24, 2.45) is 11.1 Å². The van der Waals surface area contributed by atoms with Crippen molar-refractivity contribution in [1.82, 2.24) is 0 Å². The largest absolute Gasteiger partial charge is 0.392 e. The van der Waals surface area contributed by atoms with Crippen LogP contribution in [0.4, 0.5) is 0 Å². The van der Waals surface area contributed by atoms with Gasteiger partial charge in [0.2, 0.25) is 0 Å². The van der Waals surface area contributed by atoms with Crippen molar-refractivity contribution < 1.29 is 5.11 Å². The van der Waals surface area contributed by atoms with Gasteiger partial charge in [-0.05, 0) is 24.8 Å². The van der Waals surface area contributed by atoms with E-state index in [2.05, 4.69) is 26.0 Å². The first-order valence-electron chi connectivity index (χ1n) is 6.04. The molecule has 1 aromatic carbocycles. The molecule has 0 aliphatic rings. The molecule has 0 heterocycles. The fourth-order valence-electron chi connectivity index (χ4n) is 1.81. The Morgan fingerprint density at radius 3 is 2.44 bits per heavy atom. The van der Waals surface area contributed by atoms with Gasteiger partial charge in [-0.3, -0.25) is 0 Å². The standard InChI is InChI=1S/C14H23NO/c1-3-14(2,11-15)13(16)10-9-12-7-5-4-6-8-12/h4-8,13,16H,3,9-11,15H2,1-2H3. The molecule has 90 valence electrons. The number of aryl methyl sites for hydroxylation is 1. The maximum Gasteiger partial charge on any atom is 0.0608 e. The van der Waals surface area contributed by atoms with E-state index in [9.17, 15) is 5.11 Å². The maximum atomic E-state index is 10.1. The fourth-order valence-corrected chi connectivity index (χ4v) is 1.81. The zero-order valence-electron chi connectivity index (χ0n) is 10.3. The molecule has 0 fully saturated rings. The van der Waals surface area contributed by atoms with Crippen LogP contribution in [0.15, 0.2) is 30.3 Å². The van der Waals surface area contributed by atoms with Gasteiger partial charge in [0.25, 0.3) is 0 Å². The second-order valence-corrected chi connectivity index (χ2v) is 4.75. The van der Waals surface area contributed by atoms with Gasteiger partial charge in [-0.2, -0.15) is 0 Å². The molecule has 1 rings (SSSR count). The van der Waals surface area contributed by atoms with Crippen LogP contribution in [0.3, 0.4) is 0 Å². The van der Waals surface area contributed by atoms with Crippen LogP contribution in [0.25, 0.3) is 0 Å². The van der Waals surface area contributed by atoms with E-state index >= 15 is 0 Å². The fraction of sp³-hybridized carbons (Fsp3) is 0.571. The summed E-state index contributed by atoms with van der Waals surface area (Å²) in [5.41, 5.74) is 6.86. The van der Waals surface area contributed by atoms with Crippen LogP contribution in [0.2, 0.25) is 0 Å². The molecule has 2 atom stereocenters. The lowest BCUT2D eigenvalue weighted by atomic mass is 9.79. The second-order valence-electron chi connectivity index (χ2n) is 4.75. The predicted octanol–water partition coefficient (Wildman–Crippen LogP) is 2.36. The van der Waals surface area contributed by atoms with Gasteiger partial charge in [-0.1, -0.05) is 44.2 Å². The monoisotopic (exact) mass is 221 g/mol. The number of benzene rings is 1. The molecule has 0 aromatic heterocycles. The van der Waals surface area contributed by atoms with Crippen molar-refractivity contribution >= 4 is 0 Å². The third-order valence-electron chi connectivity index (χ3n) is 3.63. The summed E-state index contributed by atoms with van der Waals surface area (Å²) in [5.74, 6) is 0. The Balaban J connectivity index is 2.49. The molecule has 0 aliphatic carbocycles. The normalized spacial score (nSPS) is 16.8. The van der Waals surface area contributed by atoms with E-state index < -0.39 is 0 Å². The number of aliphatic hydroxyl groups is 1. The summed E-state index contributed by atoms with van der Waals surface area (Å²) in [7, 11) is 0. The summed E-state index contributed by atoms with van der Waals surface area (Å²) in [4.78, 5) is 0. The summed E-state index contributed by atoms with van der Waals surface area (Å²) >= 11 is 0. The average Bonchev–Trinajstić information content (AvgIpc) is 2.36. The highest BCUT2D eigenvalue weighted by Gasteiger charge is 2.29. The Morgan fingerprint density at radius 2 is 1.94 bits per heavy atom. The minimum Gasteiger partial charge on any atom is -0.392 e. The minimum absolute atomic E-state index is 0.144. The molecule has 0 spiro atoms. The molecule has 3 N–H and O–H groups in total. The lowest BCUT2D eigenvalue weighted by molar-refractivity contribution is 0.0339. The zero-order chi connectivity index (χ0) is 12.0. The summed E-state index contributed by atoms with van der Waals surface area (Å²) in [6.07, 6.45) is 2.30. The number of nitrogens with two attached hydrogens (primary N) is 1. The summed E-state index contributed by atoms with van der Waals surface area (Å²) in [6, 6.07) is 10.3. The third-order valence-corrected chi connectivity index (χ3v) is 3.63. The second kappa shape index (κ2) is 6.02. The molecule has 1 aromatic rings. The third kappa shape index (κ3) is 3.32. The van der Waals surface area contributed by atoms with Crippen LogP contribution >= 0.6 is 0 Å². The topological polar surface area (TPSA) is 46.2 Å². The molecule has 0 saturated heterocycles. The van der Waals surface area contributed by atoms with E-state index in [0.717, 1.165) is 19.3 Å². The van der Waals surface area contributed by atoms with E-state index in [4.69, 9.17) is 5.73 Å². The van der Waals surface area contributed by atoms with Crippen molar-refractivity contribution in [1.29, 1.82) is 0 Å². The van der Waals surface area contributed by atoms with Crippen molar-refractivity contribution in [3.05, 3.63) is 35.9 Å². The van der Waals surface area contributed by atoms with Gasteiger partial charge in [-0.15, -0.1) is 0 Å². The molecule has 2 unspecified atom stereocenters. The lowest BCUT2D eigenvalue weighted by Gasteiger charge is -2.32. The van der Waals surface area contributed by atoms with Gasteiger partial charge >= 0.3 is 0 Å². The highest BCUT2D eigenvalue weighted by atomic mass is 16.3. The van der Waals surface area contributed by atoms with Gasteiger partial charge in [0.05, 0.1) is 6.10 Å². The molecule has 0 radical (unpaired) electrons. The van der Waals surface area contributed by atoms with E-state index in [1.54, 1.807) is 0 Å². The van der Waals surface area contributed by atoms with Crippen molar-refractivity contribution in [2.45, 2.75) is 39.2 Å². The molecule has 0 aliphatic heterocycles. The van der Waals surface area contributed by atoms with Crippen LogP contribution in [0, 0.1) is 5.41 Å². The SMILES string of the molecule is CCC(C)(CN)C(O)CCc1ccccc1. The Kier molecular flexibility index (Phi) is 4.97. The Morgan fingerprint density at radius 1 is 1.31 bits per heavy atom. The van der Waals surface area contributed by atoms with Gasteiger partial charge in [-0.25, -0.2) is 0 Å². The molecule has 0 bridgehead atoms. The Hall–Kier alpha value is -0.860. The molecule has 2 heteroatoms. The van der Waals surface area contributed by atoms with Crippen LogP contribution < -0.4 is 5.73 Å². The van der Waals surface area contributed by atoms with E-state index in [1.807, 2.05) is 18.2 Å². The molecule has 0 amide bonds. The smallest absolute Gasteiger partial charge is 0.0608 e. The van der Waals surface area contributed by atoms with Gasteiger partial charge in [0.15, 0.2) is 0 Å². The van der Waals surface area contributed by atoms with Crippen LogP contribution in [0.1, 0.15) is 32.3 Å². The van der Waals surface area contributed by atoms with Crippen molar-refractivity contribution in [3.8, 4) is 0 Å². The van der Waals surface area contributed by atoms with E-state index in [-0.39, 0.29) is 11.5 Å². The average molecular weight is 221 g/mol. The van der Waals surface area contributed by atoms with Gasteiger partial charge in [0.1, 0.15) is 0 Å². The first kappa shape index (κ1) is 13.2. The van der Waals surface area contributed by atoms with Crippen LogP contribution in [-0.2, 0) is 6.42 Å². The van der Waals surface area contributed by atoms with Crippen molar-refractivity contribution in [3.63, 3.8) is 0 Å². The van der Waals surface area contributed by atoms with Crippen LogP contribution in [-0.4, -0.2) is 17.8 Å². The highest BCUT2D eigenvalue weighted by molar-refractivity contribution is 5.14. The maximum absolute atomic E-state index is 10.1.